The summed E-state index contributed by atoms with van der Waals surface area (Å²) in [6, 6.07) is 0. The standard InChI is InChI=1S/C16H27BO2/c1-5-6-7-8-9-17-18-14-11-12-10-13(15(12,2)3)16(14,4)19-17/h8-9,12-14H,5-7,10-11H2,1-4H3/b9-8+/t12-,13-,14+,16-/m0/s1. The van der Waals surface area contributed by atoms with E-state index in [0.29, 0.717) is 17.4 Å². The van der Waals surface area contributed by atoms with E-state index in [1.165, 1.54) is 25.7 Å². The highest BCUT2D eigenvalue weighted by atomic mass is 16.7. The number of rotatable bonds is 4. The molecular weight excluding hydrogens is 235 g/mol. The molecule has 3 heteroatoms. The predicted molar refractivity (Wildman–Crippen MR) is 78.8 cm³/mol. The highest BCUT2D eigenvalue weighted by molar-refractivity contribution is 6.51. The highest BCUT2D eigenvalue weighted by Crippen LogP contribution is 2.65. The Morgan fingerprint density at radius 1 is 1.26 bits per heavy atom. The van der Waals surface area contributed by atoms with Crippen LogP contribution in [0.2, 0.25) is 0 Å². The maximum absolute atomic E-state index is 6.31. The van der Waals surface area contributed by atoms with Crippen LogP contribution in [0, 0.1) is 17.3 Å². The molecule has 0 N–H and O–H groups in total. The molecule has 0 aromatic rings. The molecule has 2 nitrogen and oxygen atoms in total. The molecule has 106 valence electrons. The van der Waals surface area contributed by atoms with E-state index in [4.69, 9.17) is 9.31 Å². The molecule has 1 saturated heterocycles. The summed E-state index contributed by atoms with van der Waals surface area (Å²) in [5.41, 5.74) is 0.382. The second kappa shape index (κ2) is 4.63. The average molecular weight is 262 g/mol. The first kappa shape index (κ1) is 13.7. The second-order valence-corrected chi connectivity index (χ2v) is 7.41. The fraction of sp³-hybridized carbons (Fsp3) is 0.875. The van der Waals surface area contributed by atoms with Crippen molar-refractivity contribution in [3.05, 3.63) is 12.1 Å². The van der Waals surface area contributed by atoms with Crippen molar-refractivity contribution in [3.63, 3.8) is 0 Å². The molecule has 4 rings (SSSR count). The maximum atomic E-state index is 6.31. The fourth-order valence-electron chi connectivity index (χ4n) is 4.51. The topological polar surface area (TPSA) is 18.5 Å². The summed E-state index contributed by atoms with van der Waals surface area (Å²) in [5.74, 6) is 3.63. The molecule has 0 amide bonds. The largest absolute Gasteiger partial charge is 0.486 e. The summed E-state index contributed by atoms with van der Waals surface area (Å²) in [4.78, 5) is 0. The summed E-state index contributed by atoms with van der Waals surface area (Å²) in [6.45, 7) is 9.31. The molecule has 0 unspecified atom stereocenters. The van der Waals surface area contributed by atoms with Gasteiger partial charge in [-0.2, -0.15) is 0 Å². The van der Waals surface area contributed by atoms with E-state index in [-0.39, 0.29) is 12.7 Å². The lowest BCUT2D eigenvalue weighted by Crippen LogP contribution is -2.65. The van der Waals surface area contributed by atoms with Crippen LogP contribution in [-0.2, 0) is 9.31 Å². The lowest BCUT2D eigenvalue weighted by atomic mass is 9.43. The van der Waals surface area contributed by atoms with Gasteiger partial charge in [-0.1, -0.05) is 45.7 Å². The van der Waals surface area contributed by atoms with E-state index in [1.807, 2.05) is 0 Å². The van der Waals surface area contributed by atoms with Crippen LogP contribution in [0.3, 0.4) is 0 Å². The summed E-state index contributed by atoms with van der Waals surface area (Å²) in [5, 5.41) is 0. The zero-order valence-electron chi connectivity index (χ0n) is 12.8. The Labute approximate surface area is 118 Å². The van der Waals surface area contributed by atoms with Crippen LogP contribution in [0.5, 0.6) is 0 Å². The Bertz CT molecular complexity index is 379. The van der Waals surface area contributed by atoms with Crippen molar-refractivity contribution in [2.24, 2.45) is 17.3 Å². The molecule has 19 heavy (non-hydrogen) atoms. The van der Waals surface area contributed by atoms with Gasteiger partial charge in [-0.15, -0.1) is 0 Å². The molecule has 0 radical (unpaired) electrons. The quantitative estimate of drug-likeness (QED) is 0.563. The smallest absolute Gasteiger partial charge is 0.402 e. The molecule has 0 aromatic carbocycles. The summed E-state index contributed by atoms with van der Waals surface area (Å²) < 4.78 is 12.4. The van der Waals surface area contributed by atoms with Crippen LogP contribution in [0.4, 0.5) is 0 Å². The summed E-state index contributed by atoms with van der Waals surface area (Å²) in [6.07, 6.45) is 8.68. The van der Waals surface area contributed by atoms with Gasteiger partial charge in [0.25, 0.3) is 0 Å². The van der Waals surface area contributed by atoms with Gasteiger partial charge in [0, 0.05) is 0 Å². The van der Waals surface area contributed by atoms with Gasteiger partial charge in [0.2, 0.25) is 0 Å². The van der Waals surface area contributed by atoms with Crippen LogP contribution in [0.15, 0.2) is 12.1 Å². The van der Waals surface area contributed by atoms with E-state index in [1.54, 1.807) is 0 Å². The number of hydrogen-bond donors (Lipinski definition) is 0. The monoisotopic (exact) mass is 262 g/mol. The Balaban J connectivity index is 1.65. The van der Waals surface area contributed by atoms with Gasteiger partial charge in [-0.25, -0.2) is 0 Å². The fourth-order valence-corrected chi connectivity index (χ4v) is 4.51. The van der Waals surface area contributed by atoms with Crippen molar-refractivity contribution in [1.82, 2.24) is 0 Å². The zero-order chi connectivity index (χ0) is 13.7. The molecule has 4 atom stereocenters. The average Bonchev–Trinajstić information content (AvgIpc) is 2.70. The molecular formula is C16H27BO2. The maximum Gasteiger partial charge on any atom is 0.486 e. The Morgan fingerprint density at radius 3 is 2.74 bits per heavy atom. The highest BCUT2D eigenvalue weighted by Gasteiger charge is 2.67. The third-order valence-electron chi connectivity index (χ3n) is 5.99. The van der Waals surface area contributed by atoms with Crippen molar-refractivity contribution >= 4 is 7.12 Å². The van der Waals surface area contributed by atoms with Crippen molar-refractivity contribution in [2.45, 2.75) is 71.5 Å². The minimum absolute atomic E-state index is 0.0575. The number of allylic oxidation sites excluding steroid dienone is 1. The Hall–Kier alpha value is -0.275. The van der Waals surface area contributed by atoms with Crippen molar-refractivity contribution < 1.29 is 9.31 Å². The molecule has 0 spiro atoms. The Kier molecular flexibility index (Phi) is 3.34. The van der Waals surface area contributed by atoms with Crippen LogP contribution < -0.4 is 0 Å². The molecule has 0 aromatic heterocycles. The molecule has 4 fully saturated rings. The molecule has 3 aliphatic carbocycles. The van der Waals surface area contributed by atoms with Crippen LogP contribution in [-0.4, -0.2) is 18.8 Å². The normalized spacial score (nSPS) is 43.4. The molecule has 1 heterocycles. The van der Waals surface area contributed by atoms with Gasteiger partial charge in [-0.05, 0) is 43.4 Å². The van der Waals surface area contributed by atoms with Gasteiger partial charge >= 0.3 is 7.12 Å². The minimum atomic E-state index is -0.109. The number of unbranched alkanes of at least 4 members (excludes halogenated alkanes) is 2. The van der Waals surface area contributed by atoms with Crippen molar-refractivity contribution in [3.8, 4) is 0 Å². The van der Waals surface area contributed by atoms with E-state index >= 15 is 0 Å². The van der Waals surface area contributed by atoms with Crippen molar-refractivity contribution in [1.29, 1.82) is 0 Å². The van der Waals surface area contributed by atoms with E-state index in [9.17, 15) is 0 Å². The molecule has 3 saturated carbocycles. The van der Waals surface area contributed by atoms with E-state index < -0.39 is 0 Å². The summed E-state index contributed by atoms with van der Waals surface area (Å²) >= 11 is 0. The lowest BCUT2D eigenvalue weighted by molar-refractivity contribution is -0.199. The predicted octanol–water partition coefficient (Wildman–Crippen LogP) is 4.00. The first-order chi connectivity index (χ1) is 8.98. The Morgan fingerprint density at radius 2 is 2.05 bits per heavy atom. The SMILES string of the molecule is CCCC/C=C/B1O[C@@H]2C[C@@H]3C[C@@H](C3(C)C)[C@]2(C)O1. The third-order valence-corrected chi connectivity index (χ3v) is 5.99. The first-order valence-corrected chi connectivity index (χ1v) is 7.98. The number of hydrogen-bond acceptors (Lipinski definition) is 2. The van der Waals surface area contributed by atoms with E-state index in [2.05, 4.69) is 39.7 Å². The van der Waals surface area contributed by atoms with Gasteiger partial charge in [-0.3, -0.25) is 0 Å². The van der Waals surface area contributed by atoms with Gasteiger partial charge < -0.3 is 9.31 Å². The van der Waals surface area contributed by atoms with Gasteiger partial charge in [0.15, 0.2) is 0 Å². The van der Waals surface area contributed by atoms with E-state index in [0.717, 1.165) is 12.3 Å². The minimum Gasteiger partial charge on any atom is -0.402 e. The van der Waals surface area contributed by atoms with Crippen molar-refractivity contribution in [2.75, 3.05) is 0 Å². The van der Waals surface area contributed by atoms with Crippen LogP contribution in [0.1, 0.15) is 59.8 Å². The summed E-state index contributed by atoms with van der Waals surface area (Å²) in [7, 11) is -0.109. The van der Waals surface area contributed by atoms with Crippen LogP contribution in [0.25, 0.3) is 0 Å². The van der Waals surface area contributed by atoms with Gasteiger partial charge in [0.1, 0.15) is 0 Å². The lowest BCUT2D eigenvalue weighted by Gasteiger charge is -2.64. The first-order valence-electron chi connectivity index (χ1n) is 7.98. The zero-order valence-corrected chi connectivity index (χ0v) is 12.8. The molecule has 1 aliphatic heterocycles. The third kappa shape index (κ3) is 2.01. The molecule has 2 bridgehead atoms. The van der Waals surface area contributed by atoms with Crippen LogP contribution >= 0.6 is 0 Å². The second-order valence-electron chi connectivity index (χ2n) is 7.41. The van der Waals surface area contributed by atoms with Gasteiger partial charge in [0.05, 0.1) is 11.7 Å². The molecule has 4 aliphatic rings.